The van der Waals surface area contributed by atoms with Gasteiger partial charge in [-0.3, -0.25) is 13.9 Å². The molecule has 6 nitrogen and oxygen atoms in total. The first kappa shape index (κ1) is 10.8. The number of imidazole rings is 1. The van der Waals surface area contributed by atoms with Crippen molar-refractivity contribution in [3.8, 4) is 0 Å². The molecule has 0 saturated heterocycles. The van der Waals surface area contributed by atoms with Gasteiger partial charge in [0.1, 0.15) is 1.37 Å². The van der Waals surface area contributed by atoms with Gasteiger partial charge in [-0.2, -0.15) is 0 Å². The van der Waals surface area contributed by atoms with Crippen LogP contribution < -0.4 is 11.2 Å². The Labute approximate surface area is 119 Å². The number of aromatic nitrogens is 4. The SMILES string of the molecule is [2H]c1nc2c(c(=O)n(CCCC([2H])([2H])[C@@H](C)F)c(=O)n2C)n1C. The Morgan fingerprint density at radius 3 is 2.80 bits per heavy atom. The van der Waals surface area contributed by atoms with Crippen molar-refractivity contribution in [1.29, 1.82) is 0 Å². The highest BCUT2D eigenvalue weighted by molar-refractivity contribution is 5.69. The number of fused-ring (bicyclic) bond motifs is 1. The molecule has 20 heavy (non-hydrogen) atoms. The Bertz CT molecular complexity index is 853. The molecule has 0 fully saturated rings. The van der Waals surface area contributed by atoms with E-state index in [1.807, 2.05) is 0 Å². The molecule has 0 aliphatic rings. The van der Waals surface area contributed by atoms with E-state index < -0.39 is 23.8 Å². The molecule has 2 heterocycles. The number of hydrogen-bond donors (Lipinski definition) is 0. The molecule has 0 bridgehead atoms. The van der Waals surface area contributed by atoms with Crippen LogP contribution >= 0.6 is 0 Å². The maximum atomic E-state index is 13.1. The van der Waals surface area contributed by atoms with Crippen LogP contribution in [-0.2, 0) is 20.6 Å². The predicted octanol–water partition coefficient (Wildman–Crippen LogP) is 0.962. The van der Waals surface area contributed by atoms with Crippen LogP contribution in [0, 0.1) is 0 Å². The quantitative estimate of drug-likeness (QED) is 0.822. The number of rotatable bonds is 5. The molecule has 0 N–H and O–H groups in total. The van der Waals surface area contributed by atoms with E-state index in [-0.39, 0.29) is 36.9 Å². The minimum absolute atomic E-state index is 0.0216. The second-order valence-electron chi connectivity index (χ2n) is 4.67. The third-order valence-electron chi connectivity index (χ3n) is 3.12. The summed E-state index contributed by atoms with van der Waals surface area (Å²) in [5.74, 6) is 0. The van der Waals surface area contributed by atoms with Gasteiger partial charge >= 0.3 is 5.69 Å². The van der Waals surface area contributed by atoms with Gasteiger partial charge in [0.15, 0.2) is 11.2 Å². The summed E-state index contributed by atoms with van der Waals surface area (Å²) in [6.45, 7) is 1.12. The lowest BCUT2D eigenvalue weighted by atomic mass is 10.2. The molecule has 1 atom stereocenters. The van der Waals surface area contributed by atoms with Crippen LogP contribution in [0.25, 0.3) is 11.2 Å². The maximum absolute atomic E-state index is 13.1. The topological polar surface area (TPSA) is 61.8 Å². The minimum atomic E-state index is -2.00. The highest BCUT2D eigenvalue weighted by Gasteiger charge is 2.14. The molecule has 110 valence electrons. The van der Waals surface area contributed by atoms with E-state index in [1.165, 1.54) is 23.2 Å². The van der Waals surface area contributed by atoms with E-state index in [4.69, 9.17) is 4.11 Å². The Kier molecular flexibility index (Phi) is 3.03. The summed E-state index contributed by atoms with van der Waals surface area (Å²) >= 11 is 0. The van der Waals surface area contributed by atoms with E-state index in [0.717, 1.165) is 11.5 Å². The molecule has 0 amide bonds. The first-order valence-electron chi connectivity index (χ1n) is 7.85. The van der Waals surface area contributed by atoms with E-state index >= 15 is 0 Å². The molecule has 2 aromatic heterocycles. The maximum Gasteiger partial charge on any atom is 0.332 e. The number of hydrogen-bond acceptors (Lipinski definition) is 3. The zero-order valence-electron chi connectivity index (χ0n) is 14.7. The molecule has 0 aliphatic heterocycles. The van der Waals surface area contributed by atoms with Gasteiger partial charge in [0.05, 0.1) is 12.5 Å². The molecule has 2 aromatic rings. The molecule has 0 aliphatic carbocycles. The van der Waals surface area contributed by atoms with Gasteiger partial charge in [-0.25, -0.2) is 14.2 Å². The third-order valence-corrected chi connectivity index (χ3v) is 3.12. The first-order chi connectivity index (χ1) is 10.6. The smallest absolute Gasteiger partial charge is 0.328 e. The van der Waals surface area contributed by atoms with E-state index in [2.05, 4.69) is 4.98 Å². The normalized spacial score (nSPS) is 15.9. The van der Waals surface area contributed by atoms with Crippen molar-refractivity contribution in [2.24, 2.45) is 14.1 Å². The fraction of sp³-hybridized carbons (Fsp3) is 0.615. The molecule has 0 unspecified atom stereocenters. The fourth-order valence-corrected chi connectivity index (χ4v) is 2.07. The van der Waals surface area contributed by atoms with Crippen molar-refractivity contribution in [3.63, 3.8) is 0 Å². The lowest BCUT2D eigenvalue weighted by molar-refractivity contribution is 0.328. The minimum Gasteiger partial charge on any atom is -0.328 e. The standard InChI is InChI=1S/C13H19FN4O2/c1-9(14)6-4-5-7-18-12(19)10-11(15-8-16(10)2)17(3)13(18)20/h8-9H,4-7H2,1-3H3/t9-/m1/s1/i6D2,8D. The summed E-state index contributed by atoms with van der Waals surface area (Å²) in [4.78, 5) is 28.6. The zero-order valence-corrected chi connectivity index (χ0v) is 11.7. The van der Waals surface area contributed by atoms with Crippen LogP contribution in [0.2, 0.25) is 0 Å². The lowest BCUT2D eigenvalue weighted by Crippen LogP contribution is -2.39. The van der Waals surface area contributed by atoms with E-state index in [0.29, 0.717) is 0 Å². The molecule has 0 aromatic carbocycles. The molecule has 0 spiro atoms. The molecule has 7 heteroatoms. The molecular weight excluding hydrogens is 263 g/mol. The van der Waals surface area contributed by atoms with Crippen LogP contribution in [0.15, 0.2) is 15.9 Å². The highest BCUT2D eigenvalue weighted by Crippen LogP contribution is 2.06. The van der Waals surface area contributed by atoms with Gasteiger partial charge in [0, 0.05) is 23.4 Å². The second-order valence-corrected chi connectivity index (χ2v) is 4.67. The summed E-state index contributed by atoms with van der Waals surface area (Å²) in [6.07, 6.45) is -3.72. The summed E-state index contributed by atoms with van der Waals surface area (Å²) in [5, 5.41) is 0. The first-order valence-corrected chi connectivity index (χ1v) is 6.35. The third kappa shape index (κ3) is 2.52. The highest BCUT2D eigenvalue weighted by atomic mass is 19.1. The van der Waals surface area contributed by atoms with Gasteiger partial charge in [-0.15, -0.1) is 0 Å². The van der Waals surface area contributed by atoms with Gasteiger partial charge in [0.25, 0.3) is 5.56 Å². The summed E-state index contributed by atoms with van der Waals surface area (Å²) in [6, 6.07) is 0. The average Bonchev–Trinajstić information content (AvgIpc) is 2.76. The Morgan fingerprint density at radius 1 is 1.45 bits per heavy atom. The molecular formula is C13H19FN4O2. The van der Waals surface area contributed by atoms with E-state index in [1.54, 1.807) is 0 Å². The molecule has 2 rings (SSSR count). The summed E-state index contributed by atoms with van der Waals surface area (Å²) in [5.41, 5.74) is -0.893. The van der Waals surface area contributed by atoms with E-state index in [9.17, 15) is 14.0 Å². The molecule has 0 saturated carbocycles. The van der Waals surface area contributed by atoms with Crippen LogP contribution in [0.5, 0.6) is 0 Å². The Hall–Kier alpha value is -1.92. The average molecular weight is 285 g/mol. The van der Waals surface area contributed by atoms with Gasteiger partial charge in [0.2, 0.25) is 0 Å². The van der Waals surface area contributed by atoms with Gasteiger partial charge in [-0.05, 0) is 26.1 Å². The van der Waals surface area contributed by atoms with Crippen molar-refractivity contribution in [3.05, 3.63) is 27.1 Å². The van der Waals surface area contributed by atoms with Crippen molar-refractivity contribution in [1.82, 2.24) is 18.7 Å². The lowest BCUT2D eigenvalue weighted by Gasteiger charge is -2.08. The van der Waals surface area contributed by atoms with Crippen LogP contribution in [0.3, 0.4) is 0 Å². The molecule has 0 radical (unpaired) electrons. The Morgan fingerprint density at radius 2 is 2.15 bits per heavy atom. The predicted molar refractivity (Wildman–Crippen MR) is 74.6 cm³/mol. The van der Waals surface area contributed by atoms with Crippen molar-refractivity contribution < 1.29 is 8.50 Å². The summed E-state index contributed by atoms with van der Waals surface area (Å²) in [7, 11) is 2.97. The second kappa shape index (κ2) is 5.60. The monoisotopic (exact) mass is 285 g/mol. The number of alkyl halides is 1. The zero-order chi connectivity index (χ0) is 17.5. The summed E-state index contributed by atoms with van der Waals surface area (Å²) < 4.78 is 39.3. The Balaban J connectivity index is 2.41. The van der Waals surface area contributed by atoms with Crippen molar-refractivity contribution in [2.75, 3.05) is 0 Å². The number of nitrogens with zero attached hydrogens (tertiary/aromatic N) is 4. The van der Waals surface area contributed by atoms with Gasteiger partial charge < -0.3 is 4.57 Å². The van der Waals surface area contributed by atoms with Crippen LogP contribution in [-0.4, -0.2) is 24.9 Å². The van der Waals surface area contributed by atoms with Crippen LogP contribution in [0.1, 0.15) is 30.3 Å². The van der Waals surface area contributed by atoms with Crippen molar-refractivity contribution in [2.45, 2.75) is 38.9 Å². The largest absolute Gasteiger partial charge is 0.332 e. The van der Waals surface area contributed by atoms with Gasteiger partial charge in [-0.1, -0.05) is 0 Å². The number of aryl methyl sites for hydroxylation is 2. The van der Waals surface area contributed by atoms with Crippen molar-refractivity contribution >= 4 is 11.2 Å². The fourth-order valence-electron chi connectivity index (χ4n) is 2.07. The number of halogens is 1. The van der Waals surface area contributed by atoms with Crippen LogP contribution in [0.4, 0.5) is 4.39 Å².